The van der Waals surface area contributed by atoms with Crippen LogP contribution in [0.4, 0.5) is 4.39 Å². The number of piperidine rings is 1. The van der Waals surface area contributed by atoms with Crippen molar-refractivity contribution in [2.75, 3.05) is 13.1 Å². The van der Waals surface area contributed by atoms with Gasteiger partial charge in [0, 0.05) is 55.0 Å². The number of rotatable bonds is 8. The van der Waals surface area contributed by atoms with Gasteiger partial charge in [0.15, 0.2) is 11.6 Å². The predicted molar refractivity (Wildman–Crippen MR) is 156 cm³/mol. The molecular weight excluding hydrogens is 573 g/mol. The summed E-state index contributed by atoms with van der Waals surface area (Å²) in [4.78, 5) is 48.8. The number of ether oxygens (including phenoxy) is 1. The van der Waals surface area contributed by atoms with Gasteiger partial charge in [-0.1, -0.05) is 35.9 Å². The number of likely N-dealkylation sites (tertiary alicyclic amines) is 1. The molecule has 0 bridgehead atoms. The number of halogens is 1. The van der Waals surface area contributed by atoms with E-state index >= 15 is 0 Å². The van der Waals surface area contributed by atoms with Gasteiger partial charge in [0.25, 0.3) is 5.91 Å². The van der Waals surface area contributed by atoms with E-state index in [0.29, 0.717) is 54.3 Å². The number of ketones is 2. The first-order valence-electron chi connectivity index (χ1n) is 13.5. The number of nitrogens with zero attached hydrogens (tertiary/aromatic N) is 3. The average Bonchev–Trinajstić information content (AvgIpc) is 3.03. The summed E-state index contributed by atoms with van der Waals surface area (Å²) in [6.07, 6.45) is 4.30. The lowest BCUT2D eigenvalue weighted by Crippen LogP contribution is -2.40. The maximum absolute atomic E-state index is 13.0. The summed E-state index contributed by atoms with van der Waals surface area (Å²) < 4.78 is 35.2. The molecule has 0 N–H and O–H groups in total. The molecular formula is C32H28FN3O6S. The molecule has 1 fully saturated rings. The normalized spacial score (nSPS) is 12.9. The van der Waals surface area contributed by atoms with Crippen molar-refractivity contribution >= 4 is 29.0 Å². The first kappa shape index (κ1) is 31.0. The highest BCUT2D eigenvalue weighted by molar-refractivity contribution is 7.51. The number of hydrogen-bond acceptors (Lipinski definition) is 8. The van der Waals surface area contributed by atoms with E-state index < -0.39 is 11.6 Å². The van der Waals surface area contributed by atoms with Crippen molar-refractivity contribution in [2.24, 2.45) is 5.92 Å². The second-order valence-corrected chi connectivity index (χ2v) is 10.1. The quantitative estimate of drug-likeness (QED) is 0.252. The molecule has 43 heavy (non-hydrogen) atoms. The Labute approximate surface area is 251 Å². The predicted octanol–water partition coefficient (Wildman–Crippen LogP) is 5.21. The van der Waals surface area contributed by atoms with Gasteiger partial charge >= 0.3 is 11.6 Å². The zero-order chi connectivity index (χ0) is 30.8. The Morgan fingerprint density at radius 3 is 2.09 bits per heavy atom. The first-order chi connectivity index (χ1) is 20.8. The van der Waals surface area contributed by atoms with Crippen LogP contribution in [0.25, 0.3) is 0 Å². The summed E-state index contributed by atoms with van der Waals surface area (Å²) in [6.45, 7) is 2.95. The third-order valence-corrected chi connectivity index (χ3v) is 6.99. The Morgan fingerprint density at radius 2 is 1.51 bits per heavy atom. The minimum absolute atomic E-state index is 0.0993. The molecule has 0 saturated carbocycles. The first-order valence-corrected chi connectivity index (χ1v) is 14.1. The van der Waals surface area contributed by atoms with Gasteiger partial charge in [-0.2, -0.15) is 8.42 Å². The highest BCUT2D eigenvalue weighted by atomic mass is 32.1. The van der Waals surface area contributed by atoms with Crippen molar-refractivity contribution in [1.29, 1.82) is 0 Å². The van der Waals surface area contributed by atoms with Crippen molar-refractivity contribution < 1.29 is 31.9 Å². The molecule has 0 unspecified atom stereocenters. The van der Waals surface area contributed by atoms with Crippen LogP contribution in [0.5, 0.6) is 11.6 Å². The molecule has 3 heterocycles. The summed E-state index contributed by atoms with van der Waals surface area (Å²) in [5, 5.41) is 0. The number of benzene rings is 2. The molecule has 0 aliphatic carbocycles. The topological polar surface area (TPSA) is 124 Å². The zero-order valence-corrected chi connectivity index (χ0v) is 24.1. The Kier molecular flexibility index (Phi) is 10.7. The van der Waals surface area contributed by atoms with E-state index in [1.165, 1.54) is 30.5 Å². The standard InChI is InChI=1S/C32H28FN3O4.O2S/c1-21-2-5-23(6-3-21)31(38)24-14-16-36(17-15-24)32(39)28-12-7-25(20-34-28)29(37)18-22-4-13-30(35-19-22)40-27-10-8-26(33)9-11-27;1-3-2/h2-13,19-20,24H,14-18H2,1H3;. The molecule has 2 aromatic heterocycles. The van der Waals surface area contributed by atoms with E-state index in [0.717, 1.165) is 5.56 Å². The lowest BCUT2D eigenvalue weighted by Gasteiger charge is -2.31. The molecule has 220 valence electrons. The van der Waals surface area contributed by atoms with E-state index in [-0.39, 0.29) is 41.3 Å². The van der Waals surface area contributed by atoms with Crippen LogP contribution < -0.4 is 4.74 Å². The van der Waals surface area contributed by atoms with E-state index in [4.69, 9.17) is 13.2 Å². The molecule has 9 nitrogen and oxygen atoms in total. The molecule has 1 amide bonds. The fraction of sp³-hybridized carbons (Fsp3) is 0.219. The maximum atomic E-state index is 13.0. The molecule has 0 spiro atoms. The highest BCUT2D eigenvalue weighted by Gasteiger charge is 2.29. The highest BCUT2D eigenvalue weighted by Crippen LogP contribution is 2.24. The van der Waals surface area contributed by atoms with Gasteiger partial charge < -0.3 is 9.64 Å². The van der Waals surface area contributed by atoms with Crippen molar-refractivity contribution in [2.45, 2.75) is 26.2 Å². The fourth-order valence-electron chi connectivity index (χ4n) is 4.63. The van der Waals surface area contributed by atoms with Crippen LogP contribution in [0.3, 0.4) is 0 Å². The molecule has 4 aromatic rings. The summed E-state index contributed by atoms with van der Waals surface area (Å²) in [5.41, 5.74) is 3.18. The summed E-state index contributed by atoms with van der Waals surface area (Å²) in [7, 11) is 0. The van der Waals surface area contributed by atoms with Crippen LogP contribution in [0, 0.1) is 18.7 Å². The minimum Gasteiger partial charge on any atom is -0.439 e. The van der Waals surface area contributed by atoms with Crippen molar-refractivity contribution in [3.05, 3.63) is 119 Å². The second kappa shape index (κ2) is 14.8. The van der Waals surface area contributed by atoms with E-state index in [2.05, 4.69) is 9.97 Å². The van der Waals surface area contributed by atoms with Gasteiger partial charge in [0.05, 0.1) is 0 Å². The Balaban J connectivity index is 0.00000135. The van der Waals surface area contributed by atoms with Crippen LogP contribution in [0.2, 0.25) is 0 Å². The fourth-order valence-corrected chi connectivity index (χ4v) is 4.63. The molecule has 2 aromatic carbocycles. The number of carbonyl (C=O) groups is 3. The Morgan fingerprint density at radius 1 is 0.860 bits per heavy atom. The van der Waals surface area contributed by atoms with Crippen LogP contribution in [-0.2, 0) is 18.0 Å². The molecule has 11 heteroatoms. The lowest BCUT2D eigenvalue weighted by atomic mass is 9.88. The number of pyridine rings is 2. The molecule has 5 rings (SSSR count). The average molecular weight is 602 g/mol. The van der Waals surface area contributed by atoms with Crippen molar-refractivity contribution in [1.82, 2.24) is 14.9 Å². The molecule has 1 aliphatic rings. The zero-order valence-electron chi connectivity index (χ0n) is 23.3. The van der Waals surface area contributed by atoms with Gasteiger partial charge in [-0.3, -0.25) is 19.4 Å². The van der Waals surface area contributed by atoms with Gasteiger partial charge in [-0.15, -0.1) is 0 Å². The Hall–Kier alpha value is -4.90. The van der Waals surface area contributed by atoms with Crippen LogP contribution in [0.1, 0.15) is 55.2 Å². The van der Waals surface area contributed by atoms with E-state index in [1.54, 1.807) is 35.4 Å². The maximum Gasteiger partial charge on any atom is 0.335 e. The van der Waals surface area contributed by atoms with Crippen LogP contribution in [0.15, 0.2) is 85.2 Å². The third kappa shape index (κ3) is 8.55. The second-order valence-electron chi connectivity index (χ2n) is 9.96. The molecule has 0 atom stereocenters. The SMILES string of the molecule is Cc1ccc(C(=O)C2CCN(C(=O)c3ccc(C(=O)Cc4ccc(Oc5ccc(F)cc5)nc4)cn3)CC2)cc1.O=S=O. The minimum atomic E-state index is -0.750. The van der Waals surface area contributed by atoms with Crippen LogP contribution >= 0.6 is 0 Å². The van der Waals surface area contributed by atoms with Crippen LogP contribution in [-0.4, -0.2) is 53.8 Å². The number of aryl methyl sites for hydroxylation is 1. The summed E-state index contributed by atoms with van der Waals surface area (Å²) in [5.74, 6) is 0.0931. The lowest BCUT2D eigenvalue weighted by molar-refractivity contribution is 0.0645. The van der Waals surface area contributed by atoms with Crippen molar-refractivity contribution in [3.8, 4) is 11.6 Å². The summed E-state index contributed by atoms with van der Waals surface area (Å²) >= 11 is -0.750. The molecule has 1 aliphatic heterocycles. The number of amides is 1. The van der Waals surface area contributed by atoms with Crippen molar-refractivity contribution in [3.63, 3.8) is 0 Å². The monoisotopic (exact) mass is 601 g/mol. The Bertz CT molecular complexity index is 1600. The van der Waals surface area contributed by atoms with Gasteiger partial charge in [-0.05, 0) is 61.7 Å². The molecule has 0 radical (unpaired) electrons. The van der Waals surface area contributed by atoms with Gasteiger partial charge in [0.2, 0.25) is 5.88 Å². The van der Waals surface area contributed by atoms with Gasteiger partial charge in [-0.25, -0.2) is 9.37 Å². The summed E-state index contributed by atoms with van der Waals surface area (Å²) in [6, 6.07) is 19.8. The smallest absolute Gasteiger partial charge is 0.335 e. The third-order valence-electron chi connectivity index (χ3n) is 6.99. The number of Topliss-reactive ketones (excluding diaryl/α,β-unsaturated/α-hetero) is 2. The molecule has 1 saturated heterocycles. The number of hydrogen-bond donors (Lipinski definition) is 0. The number of carbonyl (C=O) groups excluding carboxylic acids is 3. The van der Waals surface area contributed by atoms with Gasteiger partial charge in [0.1, 0.15) is 17.3 Å². The largest absolute Gasteiger partial charge is 0.439 e. The van der Waals surface area contributed by atoms with E-state index in [1.807, 2.05) is 31.2 Å². The van der Waals surface area contributed by atoms with E-state index in [9.17, 15) is 18.8 Å². The number of aromatic nitrogens is 2.